The largest absolute Gasteiger partial charge is 0.399 e. The molecular formula is C17H19FN2O2S. The first-order chi connectivity index (χ1) is 10.9. The predicted molar refractivity (Wildman–Crippen MR) is 88.0 cm³/mol. The number of halogens is 1. The highest BCUT2D eigenvalue weighted by Gasteiger charge is 2.26. The number of nitrogens with two attached hydrogens (primary N) is 1. The maximum atomic E-state index is 13.2. The van der Waals surface area contributed by atoms with Gasteiger partial charge in [-0.3, -0.25) is 0 Å². The number of nitrogens with one attached hydrogen (secondary N) is 1. The van der Waals surface area contributed by atoms with Gasteiger partial charge in [-0.25, -0.2) is 17.5 Å². The normalized spacial score (nSPS) is 17.7. The Labute approximate surface area is 135 Å². The van der Waals surface area contributed by atoms with E-state index in [0.29, 0.717) is 11.3 Å². The fourth-order valence-corrected chi connectivity index (χ4v) is 4.60. The van der Waals surface area contributed by atoms with Crippen LogP contribution in [0.3, 0.4) is 0 Å². The topological polar surface area (TPSA) is 72.2 Å². The van der Waals surface area contributed by atoms with Crippen molar-refractivity contribution in [3.63, 3.8) is 0 Å². The number of fused-ring (bicyclic) bond motifs is 1. The molecule has 6 heteroatoms. The molecule has 1 aliphatic rings. The van der Waals surface area contributed by atoms with E-state index in [1.54, 1.807) is 13.0 Å². The van der Waals surface area contributed by atoms with Gasteiger partial charge in [0.2, 0.25) is 10.0 Å². The highest BCUT2D eigenvalue weighted by atomic mass is 32.2. The van der Waals surface area contributed by atoms with E-state index in [0.717, 1.165) is 36.5 Å². The lowest BCUT2D eigenvalue weighted by Gasteiger charge is -2.26. The lowest BCUT2D eigenvalue weighted by atomic mass is 9.88. The van der Waals surface area contributed by atoms with Gasteiger partial charge in [-0.15, -0.1) is 0 Å². The van der Waals surface area contributed by atoms with E-state index in [2.05, 4.69) is 4.72 Å². The van der Waals surface area contributed by atoms with Gasteiger partial charge in [0.05, 0.1) is 4.90 Å². The minimum atomic E-state index is -3.71. The van der Waals surface area contributed by atoms with E-state index in [4.69, 9.17) is 5.73 Å². The second-order valence-electron chi connectivity index (χ2n) is 5.93. The number of aryl methyl sites for hydroxylation is 2. The molecule has 0 heterocycles. The molecule has 3 rings (SSSR count). The summed E-state index contributed by atoms with van der Waals surface area (Å²) in [5.74, 6) is -0.445. The van der Waals surface area contributed by atoms with Gasteiger partial charge in [0, 0.05) is 11.7 Å². The molecule has 122 valence electrons. The van der Waals surface area contributed by atoms with E-state index in [1.165, 1.54) is 12.1 Å². The van der Waals surface area contributed by atoms with Crippen LogP contribution < -0.4 is 10.5 Å². The van der Waals surface area contributed by atoms with Crippen LogP contribution >= 0.6 is 0 Å². The Balaban J connectivity index is 1.93. The Morgan fingerprint density at radius 2 is 2.00 bits per heavy atom. The van der Waals surface area contributed by atoms with Crippen molar-refractivity contribution in [2.24, 2.45) is 0 Å². The molecule has 2 aromatic rings. The van der Waals surface area contributed by atoms with Crippen LogP contribution in [-0.4, -0.2) is 8.42 Å². The van der Waals surface area contributed by atoms with Gasteiger partial charge in [-0.05, 0) is 73.2 Å². The van der Waals surface area contributed by atoms with Crippen molar-refractivity contribution >= 4 is 15.7 Å². The van der Waals surface area contributed by atoms with Crippen molar-refractivity contribution in [3.05, 3.63) is 58.9 Å². The van der Waals surface area contributed by atoms with Gasteiger partial charge in [0.25, 0.3) is 0 Å². The van der Waals surface area contributed by atoms with Crippen LogP contribution in [-0.2, 0) is 16.4 Å². The average Bonchev–Trinajstić information content (AvgIpc) is 2.46. The average molecular weight is 334 g/mol. The van der Waals surface area contributed by atoms with Crippen LogP contribution in [0.4, 0.5) is 10.1 Å². The van der Waals surface area contributed by atoms with Crippen LogP contribution in [0.2, 0.25) is 0 Å². The van der Waals surface area contributed by atoms with E-state index in [-0.39, 0.29) is 10.9 Å². The summed E-state index contributed by atoms with van der Waals surface area (Å²) >= 11 is 0. The van der Waals surface area contributed by atoms with Crippen LogP contribution in [0.25, 0.3) is 0 Å². The van der Waals surface area contributed by atoms with Gasteiger partial charge in [-0.2, -0.15) is 0 Å². The van der Waals surface area contributed by atoms with Gasteiger partial charge in [0.15, 0.2) is 0 Å². The van der Waals surface area contributed by atoms with Gasteiger partial charge < -0.3 is 5.73 Å². The molecule has 23 heavy (non-hydrogen) atoms. The maximum Gasteiger partial charge on any atom is 0.241 e. The number of sulfonamides is 1. The number of hydrogen-bond acceptors (Lipinski definition) is 3. The summed E-state index contributed by atoms with van der Waals surface area (Å²) in [6, 6.07) is 8.98. The molecule has 2 aromatic carbocycles. The van der Waals surface area contributed by atoms with E-state index in [1.807, 2.05) is 12.1 Å². The summed E-state index contributed by atoms with van der Waals surface area (Å²) in [5, 5.41) is 0. The van der Waals surface area contributed by atoms with Crippen molar-refractivity contribution in [3.8, 4) is 0 Å². The van der Waals surface area contributed by atoms with E-state index < -0.39 is 15.8 Å². The molecule has 0 aliphatic heterocycles. The standard InChI is InChI=1S/C17H19FN2O2S/c1-11-9-13(18)5-8-17(11)23(21,22)20-16-4-2-3-12-10-14(19)6-7-15(12)16/h5-10,16,20H,2-4,19H2,1H3. The lowest BCUT2D eigenvalue weighted by molar-refractivity contribution is 0.507. The molecule has 0 fully saturated rings. The highest BCUT2D eigenvalue weighted by molar-refractivity contribution is 7.89. The smallest absolute Gasteiger partial charge is 0.241 e. The van der Waals surface area contributed by atoms with Crippen LogP contribution in [0.15, 0.2) is 41.3 Å². The second-order valence-corrected chi connectivity index (χ2v) is 7.62. The molecule has 4 nitrogen and oxygen atoms in total. The molecule has 1 atom stereocenters. The van der Waals surface area contributed by atoms with Gasteiger partial charge in [-0.1, -0.05) is 6.07 Å². The number of rotatable bonds is 3. The van der Waals surface area contributed by atoms with Crippen LogP contribution in [0.5, 0.6) is 0 Å². The van der Waals surface area contributed by atoms with Crippen molar-refractivity contribution in [1.82, 2.24) is 4.72 Å². The molecular weight excluding hydrogens is 315 g/mol. The van der Waals surface area contributed by atoms with E-state index >= 15 is 0 Å². The number of anilines is 1. The van der Waals surface area contributed by atoms with Crippen molar-refractivity contribution < 1.29 is 12.8 Å². The summed E-state index contributed by atoms with van der Waals surface area (Å²) in [4.78, 5) is 0.112. The van der Waals surface area contributed by atoms with Gasteiger partial charge in [0.1, 0.15) is 5.82 Å². The number of nitrogen functional groups attached to an aromatic ring is 1. The minimum absolute atomic E-state index is 0.112. The summed E-state index contributed by atoms with van der Waals surface area (Å²) in [5.41, 5.74) is 8.93. The Bertz CT molecular complexity index is 850. The maximum absolute atomic E-state index is 13.2. The zero-order valence-electron chi connectivity index (χ0n) is 12.8. The molecule has 0 radical (unpaired) electrons. The minimum Gasteiger partial charge on any atom is -0.399 e. The number of hydrogen-bond donors (Lipinski definition) is 2. The Morgan fingerprint density at radius 3 is 2.74 bits per heavy atom. The molecule has 0 saturated heterocycles. The third kappa shape index (κ3) is 3.23. The molecule has 0 amide bonds. The van der Waals surface area contributed by atoms with Gasteiger partial charge >= 0.3 is 0 Å². The molecule has 3 N–H and O–H groups in total. The molecule has 1 unspecified atom stereocenters. The van der Waals surface area contributed by atoms with Crippen molar-refractivity contribution in [2.75, 3.05) is 5.73 Å². The lowest BCUT2D eigenvalue weighted by Crippen LogP contribution is -2.31. The molecule has 0 saturated carbocycles. The first kappa shape index (κ1) is 16.0. The first-order valence-electron chi connectivity index (χ1n) is 7.53. The fourth-order valence-electron chi connectivity index (χ4n) is 3.12. The molecule has 0 bridgehead atoms. The van der Waals surface area contributed by atoms with Crippen molar-refractivity contribution in [1.29, 1.82) is 0 Å². The molecule has 0 aromatic heterocycles. The summed E-state index contributed by atoms with van der Waals surface area (Å²) in [7, 11) is -3.71. The fraction of sp³-hybridized carbons (Fsp3) is 0.294. The quantitative estimate of drug-likeness (QED) is 0.847. The zero-order valence-corrected chi connectivity index (χ0v) is 13.7. The highest BCUT2D eigenvalue weighted by Crippen LogP contribution is 2.32. The SMILES string of the molecule is Cc1cc(F)ccc1S(=O)(=O)NC1CCCc2cc(N)ccc21. The van der Waals surface area contributed by atoms with Crippen molar-refractivity contribution in [2.45, 2.75) is 37.1 Å². The Kier molecular flexibility index (Phi) is 4.12. The third-order valence-electron chi connectivity index (χ3n) is 4.21. The first-order valence-corrected chi connectivity index (χ1v) is 9.02. The Morgan fingerprint density at radius 1 is 1.22 bits per heavy atom. The second kappa shape index (κ2) is 5.94. The Hall–Kier alpha value is -1.92. The summed E-state index contributed by atoms with van der Waals surface area (Å²) in [6.45, 7) is 1.59. The zero-order chi connectivity index (χ0) is 16.6. The predicted octanol–water partition coefficient (Wildman–Crippen LogP) is 3.07. The number of benzene rings is 2. The monoisotopic (exact) mass is 334 g/mol. The third-order valence-corrected chi connectivity index (χ3v) is 5.84. The van der Waals surface area contributed by atoms with E-state index in [9.17, 15) is 12.8 Å². The molecule has 0 spiro atoms. The summed E-state index contributed by atoms with van der Waals surface area (Å²) < 4.78 is 41.3. The van der Waals surface area contributed by atoms with Crippen LogP contribution in [0, 0.1) is 12.7 Å². The summed E-state index contributed by atoms with van der Waals surface area (Å²) in [6.07, 6.45) is 2.52. The van der Waals surface area contributed by atoms with Crippen LogP contribution in [0.1, 0.15) is 35.6 Å². The molecule has 1 aliphatic carbocycles.